The Bertz CT molecular complexity index is 838. The van der Waals surface area contributed by atoms with Crippen LogP contribution in [0.5, 0.6) is 0 Å². The third-order valence-electron chi connectivity index (χ3n) is 3.32. The summed E-state index contributed by atoms with van der Waals surface area (Å²) in [4.78, 5) is 16.2. The highest BCUT2D eigenvalue weighted by atomic mass is 35.5. The van der Waals surface area contributed by atoms with Crippen molar-refractivity contribution >= 4 is 39.1 Å². The molecule has 5 nitrogen and oxygen atoms in total. The number of carbonyl (C=O) groups excluding carboxylic acids is 1. The van der Waals surface area contributed by atoms with Gasteiger partial charge in [0.05, 0.1) is 21.8 Å². The normalized spacial score (nSPS) is 14.3. The van der Waals surface area contributed by atoms with Crippen LogP contribution in [0.1, 0.15) is 10.5 Å². The van der Waals surface area contributed by atoms with Gasteiger partial charge in [0.15, 0.2) is 0 Å². The Kier molecular flexibility index (Phi) is 2.55. The highest BCUT2D eigenvalue weighted by Gasteiger charge is 2.26. The van der Waals surface area contributed by atoms with Crippen LogP contribution >= 0.6 is 22.9 Å². The molecule has 0 bridgehead atoms. The van der Waals surface area contributed by atoms with Gasteiger partial charge in [-0.2, -0.15) is 5.10 Å². The molecule has 0 aliphatic carbocycles. The second-order valence-electron chi connectivity index (χ2n) is 4.48. The molecule has 0 radical (unpaired) electrons. The van der Waals surface area contributed by atoms with E-state index in [1.165, 1.54) is 0 Å². The number of aromatic nitrogens is 3. The van der Waals surface area contributed by atoms with Crippen LogP contribution in [0.2, 0.25) is 5.02 Å². The van der Waals surface area contributed by atoms with Crippen molar-refractivity contribution in [3.8, 4) is 11.3 Å². The molecule has 0 atom stereocenters. The van der Waals surface area contributed by atoms with Gasteiger partial charge in [-0.15, -0.1) is 11.3 Å². The zero-order valence-corrected chi connectivity index (χ0v) is 11.8. The predicted molar refractivity (Wildman–Crippen MR) is 78.2 cm³/mol. The van der Waals surface area contributed by atoms with Crippen molar-refractivity contribution in [2.45, 2.75) is 6.54 Å². The van der Waals surface area contributed by atoms with Gasteiger partial charge in [0.1, 0.15) is 11.4 Å². The summed E-state index contributed by atoms with van der Waals surface area (Å²) in [5, 5.41) is 9.68. The summed E-state index contributed by atoms with van der Waals surface area (Å²) in [6, 6.07) is 3.84. The van der Waals surface area contributed by atoms with Gasteiger partial charge in [-0.1, -0.05) is 11.6 Å². The summed E-state index contributed by atoms with van der Waals surface area (Å²) in [6.07, 6.45) is 1.74. The molecule has 1 aliphatic rings. The number of amides is 1. The molecule has 0 unspecified atom stereocenters. The third kappa shape index (κ3) is 1.58. The number of hydrogen-bond donors (Lipinski definition) is 1. The van der Waals surface area contributed by atoms with E-state index in [1.807, 2.05) is 17.5 Å². The van der Waals surface area contributed by atoms with E-state index in [-0.39, 0.29) is 5.91 Å². The lowest BCUT2D eigenvalue weighted by Gasteiger charge is -2.13. The number of thiophene rings is 1. The van der Waals surface area contributed by atoms with Gasteiger partial charge in [0.2, 0.25) is 0 Å². The molecule has 4 rings (SSSR count). The number of nitrogens with one attached hydrogen (secondary N) is 1. The topological polar surface area (TPSA) is 59.8 Å². The van der Waals surface area contributed by atoms with Crippen molar-refractivity contribution in [2.24, 2.45) is 0 Å². The average Bonchev–Trinajstić information content (AvgIpc) is 3.04. The first-order valence-electron chi connectivity index (χ1n) is 6.13. The molecule has 0 fully saturated rings. The molecule has 1 amide bonds. The lowest BCUT2D eigenvalue weighted by Crippen LogP contribution is -2.35. The maximum absolute atomic E-state index is 11.9. The summed E-state index contributed by atoms with van der Waals surface area (Å²) in [7, 11) is 0. The van der Waals surface area contributed by atoms with E-state index in [2.05, 4.69) is 15.4 Å². The predicted octanol–water partition coefficient (Wildman–Crippen LogP) is 2.56. The van der Waals surface area contributed by atoms with Gasteiger partial charge in [-0.3, -0.25) is 14.5 Å². The Hall–Kier alpha value is -1.92. The molecule has 0 saturated carbocycles. The van der Waals surface area contributed by atoms with Gasteiger partial charge in [0, 0.05) is 18.3 Å². The second kappa shape index (κ2) is 4.29. The van der Waals surface area contributed by atoms with E-state index < -0.39 is 0 Å². The zero-order valence-electron chi connectivity index (χ0n) is 10.3. The van der Waals surface area contributed by atoms with Gasteiger partial charge in [-0.25, -0.2) is 0 Å². The van der Waals surface area contributed by atoms with Crippen LogP contribution in [0.4, 0.5) is 0 Å². The van der Waals surface area contributed by atoms with E-state index in [0.717, 1.165) is 15.8 Å². The fourth-order valence-corrected chi connectivity index (χ4v) is 3.60. The molecule has 4 heterocycles. The minimum Gasteiger partial charge on any atom is -0.349 e. The highest BCUT2D eigenvalue weighted by molar-refractivity contribution is 7.17. The fraction of sp³-hybridized carbons (Fsp3) is 0.154. The molecular weight excluding hydrogens is 296 g/mol. The summed E-state index contributed by atoms with van der Waals surface area (Å²) >= 11 is 7.97. The van der Waals surface area contributed by atoms with Gasteiger partial charge < -0.3 is 5.32 Å². The van der Waals surface area contributed by atoms with Crippen LogP contribution < -0.4 is 5.32 Å². The van der Waals surface area contributed by atoms with Crippen LogP contribution in [0.3, 0.4) is 0 Å². The lowest BCUT2D eigenvalue weighted by atomic mass is 10.1. The fourth-order valence-electron chi connectivity index (χ4n) is 2.41. The Morgan fingerprint density at radius 1 is 1.40 bits per heavy atom. The molecule has 0 aromatic carbocycles. The molecular formula is C13H9ClN4OS. The largest absolute Gasteiger partial charge is 0.349 e. The summed E-state index contributed by atoms with van der Waals surface area (Å²) in [5.41, 5.74) is 2.92. The number of hydrogen-bond acceptors (Lipinski definition) is 4. The Morgan fingerprint density at radius 3 is 3.15 bits per heavy atom. The SMILES string of the molecule is O=C1NCCn2nc(-c3ccnc4ccsc34)c(Cl)c21. The molecule has 20 heavy (non-hydrogen) atoms. The van der Waals surface area contributed by atoms with Crippen molar-refractivity contribution in [1.82, 2.24) is 20.1 Å². The van der Waals surface area contributed by atoms with Crippen LogP contribution in [0, 0.1) is 0 Å². The highest BCUT2D eigenvalue weighted by Crippen LogP contribution is 2.36. The molecule has 1 N–H and O–H groups in total. The number of fused-ring (bicyclic) bond motifs is 2. The molecule has 7 heteroatoms. The third-order valence-corrected chi connectivity index (χ3v) is 4.61. The number of pyridine rings is 1. The van der Waals surface area contributed by atoms with E-state index in [4.69, 9.17) is 11.6 Å². The van der Waals surface area contributed by atoms with Gasteiger partial charge in [-0.05, 0) is 17.5 Å². The standard InChI is InChI=1S/C13H9ClN4OS/c14-9-10(17-18-5-4-16-13(19)11(9)18)7-1-3-15-8-2-6-20-12(7)8/h1-3,6H,4-5H2,(H,16,19). The first kappa shape index (κ1) is 11.9. The summed E-state index contributed by atoms with van der Waals surface area (Å²) in [5.74, 6) is -0.170. The van der Waals surface area contributed by atoms with E-state index >= 15 is 0 Å². The quantitative estimate of drug-likeness (QED) is 0.751. The van der Waals surface area contributed by atoms with Gasteiger partial charge >= 0.3 is 0 Å². The van der Waals surface area contributed by atoms with Crippen LogP contribution in [-0.4, -0.2) is 27.2 Å². The first-order valence-corrected chi connectivity index (χ1v) is 7.38. The van der Waals surface area contributed by atoms with Crippen molar-refractivity contribution in [3.63, 3.8) is 0 Å². The maximum Gasteiger partial charge on any atom is 0.271 e. The van der Waals surface area contributed by atoms with Gasteiger partial charge in [0.25, 0.3) is 5.91 Å². The van der Waals surface area contributed by atoms with E-state index in [1.54, 1.807) is 22.2 Å². The second-order valence-corrected chi connectivity index (χ2v) is 5.78. The van der Waals surface area contributed by atoms with Crippen LogP contribution in [0.15, 0.2) is 23.7 Å². The Balaban J connectivity index is 2.00. The average molecular weight is 305 g/mol. The number of carbonyl (C=O) groups is 1. The molecule has 0 spiro atoms. The van der Waals surface area contributed by atoms with Crippen molar-refractivity contribution in [1.29, 1.82) is 0 Å². The van der Waals surface area contributed by atoms with Crippen LogP contribution in [-0.2, 0) is 6.54 Å². The monoisotopic (exact) mass is 304 g/mol. The zero-order chi connectivity index (χ0) is 13.7. The number of rotatable bonds is 1. The Morgan fingerprint density at radius 2 is 2.30 bits per heavy atom. The molecule has 3 aromatic heterocycles. The molecule has 1 aliphatic heterocycles. The van der Waals surface area contributed by atoms with Crippen molar-refractivity contribution < 1.29 is 4.79 Å². The number of nitrogens with zero attached hydrogens (tertiary/aromatic N) is 3. The summed E-state index contributed by atoms with van der Waals surface area (Å²) < 4.78 is 2.71. The van der Waals surface area contributed by atoms with E-state index in [0.29, 0.717) is 29.5 Å². The van der Waals surface area contributed by atoms with Crippen molar-refractivity contribution in [3.05, 3.63) is 34.4 Å². The molecule has 0 saturated heterocycles. The Labute approximate surface area is 123 Å². The minimum absolute atomic E-state index is 0.170. The van der Waals surface area contributed by atoms with Crippen LogP contribution in [0.25, 0.3) is 21.5 Å². The minimum atomic E-state index is -0.170. The summed E-state index contributed by atoms with van der Waals surface area (Å²) in [6.45, 7) is 1.22. The lowest BCUT2D eigenvalue weighted by molar-refractivity contribution is 0.0924. The first-order chi connectivity index (χ1) is 9.75. The smallest absolute Gasteiger partial charge is 0.271 e. The number of halogens is 1. The van der Waals surface area contributed by atoms with Crippen molar-refractivity contribution in [2.75, 3.05) is 6.54 Å². The molecule has 100 valence electrons. The maximum atomic E-state index is 11.9. The van der Waals surface area contributed by atoms with E-state index in [9.17, 15) is 4.79 Å². The molecule has 3 aromatic rings.